The zero-order valence-electron chi connectivity index (χ0n) is 10.5. The van der Waals surface area contributed by atoms with Crippen molar-refractivity contribution >= 4 is 28.2 Å². The van der Waals surface area contributed by atoms with Crippen LogP contribution in [-0.4, -0.2) is 30.3 Å². The van der Waals surface area contributed by atoms with Crippen molar-refractivity contribution < 1.29 is 4.74 Å². The van der Waals surface area contributed by atoms with Gasteiger partial charge in [-0.2, -0.15) is 0 Å². The lowest BCUT2D eigenvalue weighted by Crippen LogP contribution is -2.46. The van der Waals surface area contributed by atoms with Gasteiger partial charge in [0.05, 0.1) is 28.4 Å². The fourth-order valence-corrected chi connectivity index (χ4v) is 2.66. The van der Waals surface area contributed by atoms with Gasteiger partial charge >= 0.3 is 0 Å². The van der Waals surface area contributed by atoms with Gasteiger partial charge in [0.25, 0.3) is 0 Å². The molecule has 19 heavy (non-hydrogen) atoms. The molecule has 0 bridgehead atoms. The summed E-state index contributed by atoms with van der Waals surface area (Å²) >= 11 is 6.20. The molecule has 1 fully saturated rings. The molecule has 1 aliphatic rings. The lowest BCUT2D eigenvalue weighted by Gasteiger charge is -2.28. The zero-order chi connectivity index (χ0) is 13.3. The Hall–Kier alpha value is -1.36. The van der Waals surface area contributed by atoms with Crippen LogP contribution in [0.3, 0.4) is 0 Å². The maximum absolute atomic E-state index is 6.20. The number of nitrogens with two attached hydrogens (primary N) is 1. The Morgan fingerprint density at radius 2 is 2.32 bits per heavy atom. The molecule has 1 saturated heterocycles. The summed E-state index contributed by atoms with van der Waals surface area (Å²) in [5.41, 5.74) is 7.53. The highest BCUT2D eigenvalue weighted by Gasteiger charge is 2.33. The number of nitrogens with zero attached hydrogens (tertiary/aromatic N) is 1. The van der Waals surface area contributed by atoms with E-state index >= 15 is 0 Å². The Bertz CT molecular complexity index is 596. The fraction of sp³-hybridized carbons (Fsp3) is 0.357. The maximum Gasteiger partial charge on any atom is 0.0948 e. The largest absolute Gasteiger partial charge is 0.379 e. The number of hydrogen-bond donors (Lipinski definition) is 2. The van der Waals surface area contributed by atoms with Gasteiger partial charge in [-0.05, 0) is 30.7 Å². The van der Waals surface area contributed by atoms with Gasteiger partial charge in [-0.1, -0.05) is 11.6 Å². The number of benzene rings is 1. The molecule has 1 unspecified atom stereocenters. The molecule has 1 aromatic heterocycles. The van der Waals surface area contributed by atoms with E-state index in [4.69, 9.17) is 22.1 Å². The van der Waals surface area contributed by atoms with E-state index in [9.17, 15) is 0 Å². The first kappa shape index (κ1) is 12.7. The molecule has 2 heterocycles. The Kier molecular flexibility index (Phi) is 3.31. The van der Waals surface area contributed by atoms with Gasteiger partial charge in [-0.3, -0.25) is 4.98 Å². The van der Waals surface area contributed by atoms with Crippen LogP contribution in [0, 0.1) is 0 Å². The molecule has 3 rings (SSSR count). The molecule has 100 valence electrons. The first-order chi connectivity index (χ1) is 9.24. The van der Waals surface area contributed by atoms with Crippen LogP contribution >= 0.6 is 11.6 Å². The Labute approximate surface area is 116 Å². The number of fused-ring (bicyclic) bond motifs is 1. The van der Waals surface area contributed by atoms with Crippen molar-refractivity contribution in [3.8, 4) is 0 Å². The minimum absolute atomic E-state index is 0.196. The molecule has 1 aliphatic heterocycles. The van der Waals surface area contributed by atoms with Crippen molar-refractivity contribution in [1.29, 1.82) is 0 Å². The third-order valence-corrected chi connectivity index (χ3v) is 3.94. The van der Waals surface area contributed by atoms with Gasteiger partial charge in [0.1, 0.15) is 0 Å². The molecule has 0 spiro atoms. The predicted octanol–water partition coefficient (Wildman–Crippen LogP) is 2.42. The van der Waals surface area contributed by atoms with Crippen LogP contribution in [0.5, 0.6) is 0 Å². The lowest BCUT2D eigenvalue weighted by molar-refractivity contribution is 0.183. The summed E-state index contributed by atoms with van der Waals surface area (Å²) in [5, 5.41) is 5.15. The van der Waals surface area contributed by atoms with E-state index in [0.29, 0.717) is 18.2 Å². The second-order valence-corrected chi connectivity index (χ2v) is 5.31. The Morgan fingerprint density at radius 3 is 3.05 bits per heavy atom. The number of rotatable bonds is 3. The summed E-state index contributed by atoms with van der Waals surface area (Å²) in [6, 6.07) is 7.69. The number of hydrogen-bond acceptors (Lipinski definition) is 4. The van der Waals surface area contributed by atoms with E-state index in [1.165, 1.54) is 0 Å². The van der Waals surface area contributed by atoms with E-state index < -0.39 is 0 Å². The van der Waals surface area contributed by atoms with Gasteiger partial charge < -0.3 is 15.8 Å². The highest BCUT2D eigenvalue weighted by Crippen LogP contribution is 2.31. The SMILES string of the molecule is NCC1(Nc2ccc(Cl)c3cccnc23)CCOC1. The quantitative estimate of drug-likeness (QED) is 0.905. The second-order valence-electron chi connectivity index (χ2n) is 4.91. The maximum atomic E-state index is 6.20. The molecule has 2 aromatic rings. The van der Waals surface area contributed by atoms with Gasteiger partial charge in [-0.25, -0.2) is 0 Å². The zero-order valence-corrected chi connectivity index (χ0v) is 11.3. The molecule has 4 nitrogen and oxygen atoms in total. The van der Waals surface area contributed by atoms with E-state index in [2.05, 4.69) is 10.3 Å². The summed E-state index contributed by atoms with van der Waals surface area (Å²) in [4.78, 5) is 4.42. The molecule has 0 saturated carbocycles. The van der Waals surface area contributed by atoms with Crippen molar-refractivity contribution in [3.05, 3.63) is 35.5 Å². The third kappa shape index (κ3) is 2.27. The summed E-state index contributed by atoms with van der Waals surface area (Å²) in [6.07, 6.45) is 2.67. The van der Waals surface area contributed by atoms with E-state index in [-0.39, 0.29) is 5.54 Å². The van der Waals surface area contributed by atoms with Gasteiger partial charge in [0.2, 0.25) is 0 Å². The van der Waals surface area contributed by atoms with Crippen molar-refractivity contribution in [2.45, 2.75) is 12.0 Å². The number of ether oxygens (including phenoxy) is 1. The van der Waals surface area contributed by atoms with Crippen LogP contribution in [0.15, 0.2) is 30.5 Å². The molecular weight excluding hydrogens is 262 g/mol. The highest BCUT2D eigenvalue weighted by molar-refractivity contribution is 6.35. The van der Waals surface area contributed by atoms with E-state index in [1.807, 2.05) is 24.3 Å². The summed E-state index contributed by atoms with van der Waals surface area (Å²) in [5.74, 6) is 0. The molecule has 0 radical (unpaired) electrons. The molecule has 1 aromatic carbocycles. The minimum Gasteiger partial charge on any atom is -0.379 e. The standard InChI is InChI=1S/C14H16ClN3O/c15-11-3-4-12(13-10(11)2-1-6-17-13)18-14(8-16)5-7-19-9-14/h1-4,6,18H,5,7-9,16H2. The molecule has 5 heteroatoms. The predicted molar refractivity (Wildman–Crippen MR) is 77.6 cm³/mol. The number of pyridine rings is 1. The number of halogens is 1. The minimum atomic E-state index is -0.196. The molecule has 3 N–H and O–H groups in total. The van der Waals surface area contributed by atoms with Crippen LogP contribution in [-0.2, 0) is 4.74 Å². The second kappa shape index (κ2) is 4.96. The summed E-state index contributed by atoms with van der Waals surface area (Å²) < 4.78 is 5.47. The summed E-state index contributed by atoms with van der Waals surface area (Å²) in [7, 11) is 0. The average Bonchev–Trinajstić information content (AvgIpc) is 2.92. The normalized spacial score (nSPS) is 22.8. The molecule has 0 amide bonds. The summed E-state index contributed by atoms with van der Waals surface area (Å²) in [6.45, 7) is 1.90. The smallest absolute Gasteiger partial charge is 0.0948 e. The van der Waals surface area contributed by atoms with Crippen LogP contribution in [0.25, 0.3) is 10.9 Å². The number of nitrogens with one attached hydrogen (secondary N) is 1. The van der Waals surface area contributed by atoms with Crippen molar-refractivity contribution in [1.82, 2.24) is 4.98 Å². The average molecular weight is 278 g/mol. The lowest BCUT2D eigenvalue weighted by atomic mass is 9.98. The fourth-order valence-electron chi connectivity index (χ4n) is 2.44. The van der Waals surface area contributed by atoms with Crippen molar-refractivity contribution in [2.75, 3.05) is 25.1 Å². The number of aromatic nitrogens is 1. The van der Waals surface area contributed by atoms with Crippen LogP contribution in [0.1, 0.15) is 6.42 Å². The Balaban J connectivity index is 2.03. The topological polar surface area (TPSA) is 60.2 Å². The van der Waals surface area contributed by atoms with Crippen LogP contribution in [0.2, 0.25) is 5.02 Å². The Morgan fingerprint density at radius 1 is 1.42 bits per heavy atom. The molecular formula is C14H16ClN3O. The number of anilines is 1. The molecule has 0 aliphatic carbocycles. The van der Waals surface area contributed by atoms with Crippen LogP contribution in [0.4, 0.5) is 5.69 Å². The van der Waals surface area contributed by atoms with Gasteiger partial charge in [-0.15, -0.1) is 0 Å². The monoisotopic (exact) mass is 277 g/mol. The van der Waals surface area contributed by atoms with Crippen LogP contribution < -0.4 is 11.1 Å². The van der Waals surface area contributed by atoms with Gasteiger partial charge in [0.15, 0.2) is 0 Å². The van der Waals surface area contributed by atoms with E-state index in [0.717, 1.165) is 29.6 Å². The van der Waals surface area contributed by atoms with Crippen molar-refractivity contribution in [3.63, 3.8) is 0 Å². The molecule has 1 atom stereocenters. The highest BCUT2D eigenvalue weighted by atomic mass is 35.5. The third-order valence-electron chi connectivity index (χ3n) is 3.61. The first-order valence-electron chi connectivity index (χ1n) is 6.33. The van der Waals surface area contributed by atoms with Gasteiger partial charge in [0, 0.05) is 24.7 Å². The van der Waals surface area contributed by atoms with Crippen molar-refractivity contribution in [2.24, 2.45) is 5.73 Å². The first-order valence-corrected chi connectivity index (χ1v) is 6.71. The van der Waals surface area contributed by atoms with E-state index in [1.54, 1.807) is 6.20 Å².